The topological polar surface area (TPSA) is 65.1 Å². The fraction of sp³-hybridized carbons (Fsp3) is 0.474. The average molecular weight is 346 g/mol. The molecule has 0 unspecified atom stereocenters. The van der Waals surface area contributed by atoms with Crippen LogP contribution >= 0.6 is 0 Å². The number of fused-ring (bicyclic) bond motifs is 1. The van der Waals surface area contributed by atoms with Crippen LogP contribution in [0.2, 0.25) is 0 Å². The first-order valence-electron chi connectivity index (χ1n) is 8.63. The molecule has 5 heteroatoms. The highest BCUT2D eigenvalue weighted by Crippen LogP contribution is 2.38. The molecule has 2 N–H and O–H groups in total. The van der Waals surface area contributed by atoms with Gasteiger partial charge < -0.3 is 4.57 Å². The van der Waals surface area contributed by atoms with E-state index in [1.54, 1.807) is 12.1 Å². The van der Waals surface area contributed by atoms with Gasteiger partial charge in [0.05, 0.1) is 4.90 Å². The molecule has 1 aromatic heterocycles. The lowest BCUT2D eigenvalue weighted by molar-refractivity contribution is 0.584. The minimum atomic E-state index is -3.64. The van der Waals surface area contributed by atoms with Crippen LogP contribution < -0.4 is 5.14 Å². The highest BCUT2D eigenvalue weighted by Gasteiger charge is 2.24. The Morgan fingerprint density at radius 3 is 2.46 bits per heavy atom. The molecule has 0 atom stereocenters. The molecule has 3 rings (SSSR count). The van der Waals surface area contributed by atoms with E-state index in [1.807, 2.05) is 12.1 Å². The van der Waals surface area contributed by atoms with Crippen LogP contribution in [0.1, 0.15) is 43.6 Å². The molecule has 0 radical (unpaired) electrons. The third-order valence-corrected chi connectivity index (χ3v) is 5.93. The molecule has 2 heterocycles. The van der Waals surface area contributed by atoms with Crippen molar-refractivity contribution in [3.8, 4) is 11.1 Å². The smallest absolute Gasteiger partial charge is 0.238 e. The molecule has 0 amide bonds. The van der Waals surface area contributed by atoms with Crippen molar-refractivity contribution >= 4 is 10.0 Å². The highest BCUT2D eigenvalue weighted by molar-refractivity contribution is 7.89. The number of benzene rings is 1. The Morgan fingerprint density at radius 2 is 1.88 bits per heavy atom. The predicted molar refractivity (Wildman–Crippen MR) is 97.5 cm³/mol. The standard InChI is InChI=1S/C19H26N2O2S/c1-13(2)6-11-17-14(3)21-12-4-5-18(21)19(17)15-7-9-16(10-8-15)24(20,22)23/h7-10,13H,4-6,11-12H2,1-3H3,(H2,20,22,23). The lowest BCUT2D eigenvalue weighted by atomic mass is 9.94. The van der Waals surface area contributed by atoms with E-state index in [2.05, 4.69) is 25.3 Å². The Bertz CT molecular complexity index is 846. The van der Waals surface area contributed by atoms with Gasteiger partial charge in [-0.25, -0.2) is 13.6 Å². The fourth-order valence-electron chi connectivity index (χ4n) is 3.71. The van der Waals surface area contributed by atoms with E-state index in [9.17, 15) is 8.42 Å². The van der Waals surface area contributed by atoms with Crippen molar-refractivity contribution < 1.29 is 8.42 Å². The first kappa shape index (κ1) is 17.2. The summed E-state index contributed by atoms with van der Waals surface area (Å²) in [6.07, 6.45) is 4.50. The Balaban J connectivity index is 2.07. The molecule has 1 aliphatic heterocycles. The second kappa shape index (κ2) is 6.37. The number of hydrogen-bond acceptors (Lipinski definition) is 2. The maximum atomic E-state index is 11.5. The van der Waals surface area contributed by atoms with Crippen molar-refractivity contribution in [2.75, 3.05) is 0 Å². The van der Waals surface area contributed by atoms with E-state index in [0.717, 1.165) is 31.4 Å². The van der Waals surface area contributed by atoms with E-state index in [1.165, 1.54) is 28.9 Å². The molecule has 24 heavy (non-hydrogen) atoms. The van der Waals surface area contributed by atoms with Gasteiger partial charge in [-0.3, -0.25) is 0 Å². The first-order chi connectivity index (χ1) is 11.3. The zero-order chi connectivity index (χ0) is 17.5. The molecule has 0 fully saturated rings. The van der Waals surface area contributed by atoms with Crippen LogP contribution in [0, 0.1) is 12.8 Å². The van der Waals surface area contributed by atoms with Gasteiger partial charge >= 0.3 is 0 Å². The van der Waals surface area contributed by atoms with Crippen LogP contribution in [-0.4, -0.2) is 13.0 Å². The van der Waals surface area contributed by atoms with E-state index in [4.69, 9.17) is 5.14 Å². The molecule has 4 nitrogen and oxygen atoms in total. The molecule has 0 saturated heterocycles. The third-order valence-electron chi connectivity index (χ3n) is 5.00. The predicted octanol–water partition coefficient (Wildman–Crippen LogP) is 3.65. The number of rotatable bonds is 5. The normalized spacial score (nSPS) is 14.4. The lowest BCUT2D eigenvalue weighted by Gasteiger charge is -2.10. The van der Waals surface area contributed by atoms with Crippen molar-refractivity contribution in [3.05, 3.63) is 41.2 Å². The van der Waals surface area contributed by atoms with Crippen molar-refractivity contribution in [2.45, 2.75) is 57.9 Å². The molecule has 0 aliphatic carbocycles. The minimum absolute atomic E-state index is 0.169. The number of primary sulfonamides is 1. The average Bonchev–Trinajstić information content (AvgIpc) is 3.07. The maximum Gasteiger partial charge on any atom is 0.238 e. The molecule has 0 saturated carbocycles. The molecule has 0 spiro atoms. The van der Waals surface area contributed by atoms with Gasteiger partial charge in [0.25, 0.3) is 0 Å². The van der Waals surface area contributed by atoms with Crippen LogP contribution in [-0.2, 0) is 29.4 Å². The zero-order valence-electron chi connectivity index (χ0n) is 14.7. The summed E-state index contributed by atoms with van der Waals surface area (Å²) >= 11 is 0. The summed E-state index contributed by atoms with van der Waals surface area (Å²) in [7, 11) is -3.64. The summed E-state index contributed by atoms with van der Waals surface area (Å²) in [5, 5.41) is 5.22. The first-order valence-corrected chi connectivity index (χ1v) is 10.2. The summed E-state index contributed by atoms with van der Waals surface area (Å²) in [6, 6.07) is 7.02. The van der Waals surface area contributed by atoms with Gasteiger partial charge in [-0.2, -0.15) is 0 Å². The van der Waals surface area contributed by atoms with Gasteiger partial charge in [0.2, 0.25) is 10.0 Å². The zero-order valence-corrected chi connectivity index (χ0v) is 15.5. The Hall–Kier alpha value is -1.59. The molecule has 130 valence electrons. The van der Waals surface area contributed by atoms with Gasteiger partial charge in [0, 0.05) is 23.5 Å². The van der Waals surface area contributed by atoms with Crippen LogP contribution in [0.5, 0.6) is 0 Å². The second-order valence-electron chi connectivity index (χ2n) is 7.14. The third kappa shape index (κ3) is 3.15. The molecule has 2 aromatic rings. The van der Waals surface area contributed by atoms with E-state index >= 15 is 0 Å². The number of sulfonamides is 1. The van der Waals surface area contributed by atoms with Gasteiger partial charge in [-0.05, 0) is 61.8 Å². The maximum absolute atomic E-state index is 11.5. The summed E-state index contributed by atoms with van der Waals surface area (Å²) in [5.41, 5.74) is 6.59. The van der Waals surface area contributed by atoms with Gasteiger partial charge in [-0.15, -0.1) is 0 Å². The van der Waals surface area contributed by atoms with Crippen molar-refractivity contribution in [1.82, 2.24) is 4.57 Å². The number of nitrogens with two attached hydrogens (primary N) is 1. The fourth-order valence-corrected chi connectivity index (χ4v) is 4.23. The van der Waals surface area contributed by atoms with Crippen LogP contribution in [0.15, 0.2) is 29.2 Å². The minimum Gasteiger partial charge on any atom is -0.348 e. The van der Waals surface area contributed by atoms with Crippen LogP contribution in [0.4, 0.5) is 0 Å². The van der Waals surface area contributed by atoms with Crippen molar-refractivity contribution in [1.29, 1.82) is 0 Å². The molecular formula is C19H26N2O2S. The quantitative estimate of drug-likeness (QED) is 0.898. The number of hydrogen-bond donors (Lipinski definition) is 1. The van der Waals surface area contributed by atoms with Crippen molar-refractivity contribution in [3.63, 3.8) is 0 Å². The van der Waals surface area contributed by atoms with Gasteiger partial charge in [-0.1, -0.05) is 26.0 Å². The molecule has 1 aromatic carbocycles. The summed E-state index contributed by atoms with van der Waals surface area (Å²) in [6.45, 7) is 7.80. The van der Waals surface area contributed by atoms with Crippen LogP contribution in [0.3, 0.4) is 0 Å². The molecule has 0 bridgehead atoms. The largest absolute Gasteiger partial charge is 0.348 e. The van der Waals surface area contributed by atoms with Crippen molar-refractivity contribution in [2.24, 2.45) is 11.1 Å². The molecular weight excluding hydrogens is 320 g/mol. The second-order valence-corrected chi connectivity index (χ2v) is 8.70. The SMILES string of the molecule is Cc1c(CCC(C)C)c(-c2ccc(S(N)(=O)=O)cc2)c2n1CCC2. The highest BCUT2D eigenvalue weighted by atomic mass is 32.2. The Morgan fingerprint density at radius 1 is 1.21 bits per heavy atom. The summed E-state index contributed by atoms with van der Waals surface area (Å²) in [4.78, 5) is 0.169. The monoisotopic (exact) mass is 346 g/mol. The molecule has 1 aliphatic rings. The Kier molecular flexibility index (Phi) is 4.58. The van der Waals surface area contributed by atoms with E-state index in [-0.39, 0.29) is 4.90 Å². The van der Waals surface area contributed by atoms with Gasteiger partial charge in [0.1, 0.15) is 0 Å². The van der Waals surface area contributed by atoms with Crippen LogP contribution in [0.25, 0.3) is 11.1 Å². The lowest BCUT2D eigenvalue weighted by Crippen LogP contribution is -2.11. The van der Waals surface area contributed by atoms with E-state index < -0.39 is 10.0 Å². The Labute approximate surface area is 144 Å². The van der Waals surface area contributed by atoms with Gasteiger partial charge in [0.15, 0.2) is 0 Å². The number of nitrogens with zero attached hydrogens (tertiary/aromatic N) is 1. The number of aromatic nitrogens is 1. The summed E-state index contributed by atoms with van der Waals surface area (Å²) in [5.74, 6) is 0.664. The van der Waals surface area contributed by atoms with E-state index in [0.29, 0.717) is 5.92 Å². The summed E-state index contributed by atoms with van der Waals surface area (Å²) < 4.78 is 25.4.